The van der Waals surface area contributed by atoms with Crippen molar-refractivity contribution in [1.29, 1.82) is 0 Å². The molecule has 0 bridgehead atoms. The second-order valence-corrected chi connectivity index (χ2v) is 3.96. The highest BCUT2D eigenvalue weighted by atomic mass is 16.3. The molecular weight excluding hydrogens is 232 g/mol. The average Bonchev–Trinajstić information content (AvgIpc) is 2.85. The number of aliphatic hydroxyl groups excluding tert-OH is 1. The molecule has 2 rings (SSSR count). The Kier molecular flexibility index (Phi) is 3.96. The molecule has 0 radical (unpaired) electrons. The summed E-state index contributed by atoms with van der Waals surface area (Å²) in [5.41, 5.74) is 3.30. The Morgan fingerprint density at radius 1 is 1.50 bits per heavy atom. The fraction of sp³-hybridized carbons (Fsp3) is 0.455. The van der Waals surface area contributed by atoms with Gasteiger partial charge in [-0.25, -0.2) is 15.8 Å². The number of imidazole rings is 1. The molecule has 0 atom stereocenters. The van der Waals surface area contributed by atoms with Gasteiger partial charge in [-0.15, -0.1) is 0 Å². The molecule has 0 aromatic carbocycles. The number of fused-ring (bicyclic) bond motifs is 1. The topological polar surface area (TPSA) is 91.7 Å². The smallest absolute Gasteiger partial charge is 0.180 e. The Hall–Kier alpha value is -1.86. The molecule has 2 heterocycles. The SMILES string of the molecule is CCCN(CCO)c1nc(NN)cn2ccnc12. The van der Waals surface area contributed by atoms with Gasteiger partial charge in [-0.1, -0.05) is 6.92 Å². The van der Waals surface area contributed by atoms with E-state index in [-0.39, 0.29) is 6.61 Å². The van der Waals surface area contributed by atoms with Crippen molar-refractivity contribution in [2.75, 3.05) is 30.0 Å². The molecule has 4 N–H and O–H groups in total. The summed E-state index contributed by atoms with van der Waals surface area (Å²) in [6.07, 6.45) is 6.29. The average molecular weight is 250 g/mol. The van der Waals surface area contributed by atoms with Crippen molar-refractivity contribution in [3.05, 3.63) is 18.6 Å². The van der Waals surface area contributed by atoms with Gasteiger partial charge in [0.15, 0.2) is 17.3 Å². The lowest BCUT2D eigenvalue weighted by atomic mass is 10.4. The van der Waals surface area contributed by atoms with Gasteiger partial charge in [0.1, 0.15) is 0 Å². The minimum Gasteiger partial charge on any atom is -0.395 e. The van der Waals surface area contributed by atoms with Crippen LogP contribution in [0.15, 0.2) is 18.6 Å². The van der Waals surface area contributed by atoms with Crippen LogP contribution in [0.1, 0.15) is 13.3 Å². The highest BCUT2D eigenvalue weighted by molar-refractivity contribution is 5.66. The monoisotopic (exact) mass is 250 g/mol. The van der Waals surface area contributed by atoms with Gasteiger partial charge in [0, 0.05) is 25.5 Å². The predicted molar refractivity (Wildman–Crippen MR) is 70.4 cm³/mol. The van der Waals surface area contributed by atoms with Gasteiger partial charge >= 0.3 is 0 Å². The van der Waals surface area contributed by atoms with Gasteiger partial charge in [-0.2, -0.15) is 0 Å². The van der Waals surface area contributed by atoms with Gasteiger partial charge in [0.2, 0.25) is 0 Å². The standard InChI is InChI=1S/C11H18N6O/c1-2-4-16(6-7-18)11-10-13-3-5-17(10)8-9(14-11)15-12/h3,5,8,15,18H,2,4,6-7,12H2,1H3. The summed E-state index contributed by atoms with van der Waals surface area (Å²) >= 11 is 0. The van der Waals surface area contributed by atoms with Gasteiger partial charge < -0.3 is 19.8 Å². The summed E-state index contributed by atoms with van der Waals surface area (Å²) in [5.74, 6) is 6.70. The maximum absolute atomic E-state index is 9.14. The molecule has 2 aromatic rings. The first-order valence-corrected chi connectivity index (χ1v) is 5.96. The number of hydrogen-bond acceptors (Lipinski definition) is 6. The number of nitrogen functional groups attached to an aromatic ring is 1. The van der Waals surface area contributed by atoms with Crippen LogP contribution in [0.4, 0.5) is 11.6 Å². The minimum absolute atomic E-state index is 0.0782. The number of hydrogen-bond donors (Lipinski definition) is 3. The van der Waals surface area contributed by atoms with E-state index in [0.717, 1.165) is 24.4 Å². The highest BCUT2D eigenvalue weighted by Crippen LogP contribution is 2.20. The summed E-state index contributed by atoms with van der Waals surface area (Å²) in [6.45, 7) is 3.49. The van der Waals surface area contributed by atoms with Crippen LogP contribution < -0.4 is 16.2 Å². The summed E-state index contributed by atoms with van der Waals surface area (Å²) in [4.78, 5) is 10.7. The zero-order chi connectivity index (χ0) is 13.0. The fourth-order valence-corrected chi connectivity index (χ4v) is 1.91. The van der Waals surface area contributed by atoms with Crippen LogP contribution in [0.2, 0.25) is 0 Å². The second kappa shape index (κ2) is 5.65. The molecule has 0 spiro atoms. The Morgan fingerprint density at radius 3 is 3.00 bits per heavy atom. The zero-order valence-corrected chi connectivity index (χ0v) is 10.4. The molecule has 98 valence electrons. The van der Waals surface area contributed by atoms with Crippen LogP contribution in [0.3, 0.4) is 0 Å². The van der Waals surface area contributed by atoms with E-state index >= 15 is 0 Å². The molecule has 2 aromatic heterocycles. The molecule has 18 heavy (non-hydrogen) atoms. The van der Waals surface area contributed by atoms with Crippen LogP contribution in [-0.4, -0.2) is 39.2 Å². The number of anilines is 2. The normalized spacial score (nSPS) is 10.8. The fourth-order valence-electron chi connectivity index (χ4n) is 1.91. The van der Waals surface area contributed by atoms with Crippen LogP contribution in [-0.2, 0) is 0 Å². The van der Waals surface area contributed by atoms with Crippen molar-refractivity contribution in [2.45, 2.75) is 13.3 Å². The van der Waals surface area contributed by atoms with Crippen LogP contribution in [0, 0.1) is 0 Å². The first-order chi connectivity index (χ1) is 8.80. The van der Waals surface area contributed by atoms with E-state index in [1.54, 1.807) is 12.4 Å². The van der Waals surface area contributed by atoms with E-state index in [2.05, 4.69) is 22.3 Å². The molecule has 7 heteroatoms. The summed E-state index contributed by atoms with van der Waals surface area (Å²) in [5, 5.41) is 9.14. The lowest BCUT2D eigenvalue weighted by Crippen LogP contribution is -2.29. The molecule has 0 aliphatic rings. The number of nitrogens with zero attached hydrogens (tertiary/aromatic N) is 4. The van der Waals surface area contributed by atoms with Crippen molar-refractivity contribution in [2.24, 2.45) is 5.84 Å². The highest BCUT2D eigenvalue weighted by Gasteiger charge is 2.13. The first-order valence-electron chi connectivity index (χ1n) is 5.96. The molecular formula is C11H18N6O. The van der Waals surface area contributed by atoms with Crippen molar-refractivity contribution >= 4 is 17.3 Å². The molecule has 0 aliphatic carbocycles. The van der Waals surface area contributed by atoms with E-state index in [9.17, 15) is 0 Å². The van der Waals surface area contributed by atoms with Crippen LogP contribution in [0.25, 0.3) is 5.65 Å². The Bertz CT molecular complexity index is 505. The van der Waals surface area contributed by atoms with Crippen molar-refractivity contribution in [3.8, 4) is 0 Å². The molecule has 7 nitrogen and oxygen atoms in total. The lowest BCUT2D eigenvalue weighted by molar-refractivity contribution is 0.301. The minimum atomic E-state index is 0.0782. The maximum Gasteiger partial charge on any atom is 0.180 e. The Morgan fingerprint density at radius 2 is 2.33 bits per heavy atom. The quantitative estimate of drug-likeness (QED) is 0.502. The molecule has 0 unspecified atom stereocenters. The number of hydrazine groups is 1. The van der Waals surface area contributed by atoms with Crippen LogP contribution >= 0.6 is 0 Å². The number of aromatic nitrogens is 3. The summed E-state index contributed by atoms with van der Waals surface area (Å²) in [7, 11) is 0. The lowest BCUT2D eigenvalue weighted by Gasteiger charge is -2.23. The molecule has 0 amide bonds. The third-order valence-corrected chi connectivity index (χ3v) is 2.67. The number of aliphatic hydroxyl groups is 1. The van der Waals surface area contributed by atoms with Crippen molar-refractivity contribution in [3.63, 3.8) is 0 Å². The van der Waals surface area contributed by atoms with Gasteiger partial charge in [-0.05, 0) is 6.42 Å². The molecule has 0 saturated heterocycles. The van der Waals surface area contributed by atoms with Gasteiger partial charge in [-0.3, -0.25) is 0 Å². The van der Waals surface area contributed by atoms with E-state index in [1.165, 1.54) is 0 Å². The van der Waals surface area contributed by atoms with E-state index in [1.807, 2.05) is 15.5 Å². The first kappa shape index (κ1) is 12.6. The third kappa shape index (κ3) is 2.36. The van der Waals surface area contributed by atoms with Gasteiger partial charge in [0.05, 0.1) is 12.8 Å². The zero-order valence-electron chi connectivity index (χ0n) is 10.4. The maximum atomic E-state index is 9.14. The Balaban J connectivity index is 2.48. The van der Waals surface area contributed by atoms with E-state index in [0.29, 0.717) is 12.4 Å². The third-order valence-electron chi connectivity index (χ3n) is 2.67. The van der Waals surface area contributed by atoms with E-state index in [4.69, 9.17) is 10.9 Å². The van der Waals surface area contributed by atoms with Crippen molar-refractivity contribution in [1.82, 2.24) is 14.4 Å². The summed E-state index contributed by atoms with van der Waals surface area (Å²) in [6, 6.07) is 0. The Labute approximate surface area is 105 Å². The largest absolute Gasteiger partial charge is 0.395 e. The second-order valence-electron chi connectivity index (χ2n) is 3.96. The van der Waals surface area contributed by atoms with Crippen LogP contribution in [0.5, 0.6) is 0 Å². The molecule has 0 aliphatic heterocycles. The van der Waals surface area contributed by atoms with E-state index < -0.39 is 0 Å². The van der Waals surface area contributed by atoms with Crippen molar-refractivity contribution < 1.29 is 5.11 Å². The summed E-state index contributed by atoms with van der Waals surface area (Å²) < 4.78 is 1.86. The molecule has 0 fully saturated rings. The van der Waals surface area contributed by atoms with Gasteiger partial charge in [0.25, 0.3) is 0 Å². The number of rotatable bonds is 6. The predicted octanol–water partition coefficient (Wildman–Crippen LogP) is 0.224. The number of nitrogens with one attached hydrogen (secondary N) is 1. The molecule has 0 saturated carbocycles. The number of nitrogens with two attached hydrogens (primary N) is 1.